The standard InChI is InChI=1S/C13H17N3O5/c1-2-16(9-4-3-5-10(17)6-9)13(21)15-7-11(18)14-8-12(19)20/h3-6,17H,2,7-8H2,1H3,(H,14,18)(H,15,21)(H,19,20). The first-order valence-electron chi connectivity index (χ1n) is 6.27. The number of nitrogens with one attached hydrogen (secondary N) is 2. The number of hydrogen-bond donors (Lipinski definition) is 4. The minimum atomic E-state index is -1.16. The van der Waals surface area contributed by atoms with Gasteiger partial charge in [-0.3, -0.25) is 14.5 Å². The third kappa shape index (κ3) is 5.39. The number of urea groups is 1. The molecule has 0 fully saturated rings. The summed E-state index contributed by atoms with van der Waals surface area (Å²) in [5.41, 5.74) is 0.487. The first-order valence-corrected chi connectivity index (χ1v) is 6.27. The lowest BCUT2D eigenvalue weighted by molar-refractivity contribution is -0.137. The molecule has 114 valence electrons. The SMILES string of the molecule is CCN(C(=O)NCC(=O)NCC(=O)O)c1cccc(O)c1. The van der Waals surface area contributed by atoms with Gasteiger partial charge in [0.15, 0.2) is 0 Å². The molecule has 3 amide bonds. The number of nitrogens with zero attached hydrogens (tertiary/aromatic N) is 1. The first-order chi connectivity index (χ1) is 9.93. The maximum atomic E-state index is 12.0. The second-order valence-corrected chi connectivity index (χ2v) is 4.09. The van der Waals surface area contributed by atoms with Gasteiger partial charge in [-0.1, -0.05) is 6.07 Å². The van der Waals surface area contributed by atoms with Crippen molar-refractivity contribution >= 4 is 23.6 Å². The quantitative estimate of drug-likeness (QED) is 0.594. The first kappa shape index (κ1) is 16.3. The van der Waals surface area contributed by atoms with Crippen molar-refractivity contribution in [1.29, 1.82) is 0 Å². The maximum Gasteiger partial charge on any atom is 0.322 e. The van der Waals surface area contributed by atoms with E-state index >= 15 is 0 Å². The van der Waals surface area contributed by atoms with Gasteiger partial charge in [-0.05, 0) is 19.1 Å². The summed E-state index contributed by atoms with van der Waals surface area (Å²) in [6.45, 7) is 1.25. The third-order valence-electron chi connectivity index (χ3n) is 2.54. The maximum absolute atomic E-state index is 12.0. The number of rotatable bonds is 6. The van der Waals surface area contributed by atoms with E-state index in [0.29, 0.717) is 12.2 Å². The summed E-state index contributed by atoms with van der Waals surface area (Å²) < 4.78 is 0. The molecule has 4 N–H and O–H groups in total. The van der Waals surface area contributed by atoms with Crippen molar-refractivity contribution in [3.05, 3.63) is 24.3 Å². The summed E-state index contributed by atoms with van der Waals surface area (Å²) in [6.07, 6.45) is 0. The number of hydrogen-bond acceptors (Lipinski definition) is 4. The number of carboxylic acids is 1. The van der Waals surface area contributed by atoms with Gasteiger partial charge in [-0.15, -0.1) is 0 Å². The van der Waals surface area contributed by atoms with Crippen molar-refractivity contribution in [2.75, 3.05) is 24.5 Å². The molecule has 0 bridgehead atoms. The molecule has 8 nitrogen and oxygen atoms in total. The van der Waals surface area contributed by atoms with Crippen molar-refractivity contribution in [1.82, 2.24) is 10.6 Å². The number of amides is 3. The Balaban J connectivity index is 2.56. The lowest BCUT2D eigenvalue weighted by Crippen LogP contribution is -2.45. The topological polar surface area (TPSA) is 119 Å². The van der Waals surface area contributed by atoms with Crippen LogP contribution in [0, 0.1) is 0 Å². The molecular formula is C13H17N3O5. The molecule has 0 aliphatic carbocycles. The molecule has 0 radical (unpaired) electrons. The molecule has 0 heterocycles. The fraction of sp³-hybridized carbons (Fsp3) is 0.308. The molecule has 1 rings (SSSR count). The zero-order valence-electron chi connectivity index (χ0n) is 11.5. The van der Waals surface area contributed by atoms with Gasteiger partial charge in [0.05, 0.1) is 6.54 Å². The molecular weight excluding hydrogens is 278 g/mol. The number of phenols is 1. The van der Waals surface area contributed by atoms with Gasteiger partial charge in [0.1, 0.15) is 12.3 Å². The van der Waals surface area contributed by atoms with Gasteiger partial charge in [-0.2, -0.15) is 0 Å². The largest absolute Gasteiger partial charge is 0.508 e. The average Bonchev–Trinajstić information content (AvgIpc) is 2.43. The van der Waals surface area contributed by atoms with E-state index < -0.39 is 24.5 Å². The van der Waals surface area contributed by atoms with E-state index in [4.69, 9.17) is 5.11 Å². The Labute approximate surface area is 121 Å². The minimum absolute atomic E-state index is 0.0259. The van der Waals surface area contributed by atoms with Crippen LogP contribution < -0.4 is 15.5 Å². The number of phenolic OH excluding ortho intramolecular Hbond substituents is 1. The molecule has 0 aliphatic rings. The van der Waals surface area contributed by atoms with Crippen LogP contribution in [0.3, 0.4) is 0 Å². The molecule has 0 aliphatic heterocycles. The molecule has 1 aromatic rings. The monoisotopic (exact) mass is 295 g/mol. The zero-order valence-corrected chi connectivity index (χ0v) is 11.5. The van der Waals surface area contributed by atoms with Crippen LogP contribution in [-0.2, 0) is 9.59 Å². The number of aliphatic carboxylic acids is 1. The number of anilines is 1. The van der Waals surface area contributed by atoms with Gasteiger partial charge in [-0.25, -0.2) is 4.79 Å². The van der Waals surface area contributed by atoms with Crippen LogP contribution in [0.2, 0.25) is 0 Å². The van der Waals surface area contributed by atoms with Gasteiger partial charge < -0.3 is 20.8 Å². The highest BCUT2D eigenvalue weighted by Crippen LogP contribution is 2.19. The fourth-order valence-corrected chi connectivity index (χ4v) is 1.59. The van der Waals surface area contributed by atoms with E-state index in [1.165, 1.54) is 17.0 Å². The number of benzene rings is 1. The fourth-order valence-electron chi connectivity index (χ4n) is 1.59. The molecule has 0 saturated carbocycles. The molecule has 21 heavy (non-hydrogen) atoms. The molecule has 0 spiro atoms. The number of carbonyl (C=O) groups is 3. The number of carbonyl (C=O) groups excluding carboxylic acids is 2. The molecule has 0 atom stereocenters. The molecule has 0 aromatic heterocycles. The van der Waals surface area contributed by atoms with Crippen LogP contribution >= 0.6 is 0 Å². The van der Waals surface area contributed by atoms with Crippen LogP contribution in [0.25, 0.3) is 0 Å². The van der Waals surface area contributed by atoms with Gasteiger partial charge in [0, 0.05) is 18.3 Å². The Bertz CT molecular complexity index is 532. The van der Waals surface area contributed by atoms with E-state index in [1.54, 1.807) is 19.1 Å². The summed E-state index contributed by atoms with van der Waals surface area (Å²) in [7, 11) is 0. The number of aromatic hydroxyl groups is 1. The summed E-state index contributed by atoms with van der Waals surface area (Å²) in [5.74, 6) is -1.74. The van der Waals surface area contributed by atoms with Crippen molar-refractivity contribution in [2.45, 2.75) is 6.92 Å². The van der Waals surface area contributed by atoms with Crippen LogP contribution in [0.4, 0.5) is 10.5 Å². The predicted molar refractivity (Wildman–Crippen MR) is 75.2 cm³/mol. The predicted octanol–water partition coefficient (Wildman–Crippen LogP) is 0.129. The van der Waals surface area contributed by atoms with E-state index in [0.717, 1.165) is 0 Å². The summed E-state index contributed by atoms with van der Waals surface area (Å²) in [5, 5.41) is 22.3. The van der Waals surface area contributed by atoms with E-state index in [-0.39, 0.29) is 12.3 Å². The lowest BCUT2D eigenvalue weighted by Gasteiger charge is -2.21. The van der Waals surface area contributed by atoms with E-state index in [2.05, 4.69) is 10.6 Å². The van der Waals surface area contributed by atoms with Crippen LogP contribution in [0.15, 0.2) is 24.3 Å². The van der Waals surface area contributed by atoms with E-state index in [1.807, 2.05) is 0 Å². The zero-order chi connectivity index (χ0) is 15.8. The molecule has 0 unspecified atom stereocenters. The summed E-state index contributed by atoms with van der Waals surface area (Å²) in [6, 6.07) is 5.63. The summed E-state index contributed by atoms with van der Waals surface area (Å²) in [4.78, 5) is 34.9. The Kier molecular flexibility index (Phi) is 5.99. The molecule has 8 heteroatoms. The highest BCUT2D eigenvalue weighted by atomic mass is 16.4. The van der Waals surface area contributed by atoms with Crippen LogP contribution in [-0.4, -0.2) is 47.8 Å². The average molecular weight is 295 g/mol. The lowest BCUT2D eigenvalue weighted by atomic mass is 10.3. The van der Waals surface area contributed by atoms with E-state index in [9.17, 15) is 19.5 Å². The Morgan fingerprint density at radius 2 is 1.90 bits per heavy atom. The van der Waals surface area contributed by atoms with Crippen molar-refractivity contribution < 1.29 is 24.6 Å². The van der Waals surface area contributed by atoms with Crippen LogP contribution in [0.5, 0.6) is 5.75 Å². The normalized spacial score (nSPS) is 9.76. The second kappa shape index (κ2) is 7.73. The highest BCUT2D eigenvalue weighted by molar-refractivity contribution is 5.94. The van der Waals surface area contributed by atoms with Gasteiger partial charge in [0.25, 0.3) is 0 Å². The Morgan fingerprint density at radius 1 is 1.19 bits per heavy atom. The highest BCUT2D eigenvalue weighted by Gasteiger charge is 2.15. The van der Waals surface area contributed by atoms with Gasteiger partial charge >= 0.3 is 12.0 Å². The molecule has 0 saturated heterocycles. The van der Waals surface area contributed by atoms with Gasteiger partial charge in [0.2, 0.25) is 5.91 Å². The van der Waals surface area contributed by atoms with Crippen molar-refractivity contribution in [3.63, 3.8) is 0 Å². The number of carboxylic acid groups (broad SMARTS) is 1. The smallest absolute Gasteiger partial charge is 0.322 e. The Hall–Kier alpha value is -2.77. The van der Waals surface area contributed by atoms with Crippen molar-refractivity contribution in [2.24, 2.45) is 0 Å². The third-order valence-corrected chi connectivity index (χ3v) is 2.54. The second-order valence-electron chi connectivity index (χ2n) is 4.09. The Morgan fingerprint density at radius 3 is 2.48 bits per heavy atom. The van der Waals surface area contributed by atoms with Crippen molar-refractivity contribution in [3.8, 4) is 5.75 Å². The van der Waals surface area contributed by atoms with Crippen LogP contribution in [0.1, 0.15) is 6.92 Å². The molecule has 1 aromatic carbocycles. The minimum Gasteiger partial charge on any atom is -0.508 e. The summed E-state index contributed by atoms with van der Waals surface area (Å²) >= 11 is 0.